The summed E-state index contributed by atoms with van der Waals surface area (Å²) < 4.78 is 0. The highest BCUT2D eigenvalue weighted by Gasteiger charge is 2.17. The Bertz CT molecular complexity index is 479. The minimum absolute atomic E-state index is 0.971. The highest BCUT2D eigenvalue weighted by molar-refractivity contribution is 5.62. The van der Waals surface area contributed by atoms with Crippen LogP contribution in [0.2, 0.25) is 0 Å². The summed E-state index contributed by atoms with van der Waals surface area (Å²) in [6.45, 7) is 12.4. The maximum absolute atomic E-state index is 3.77. The summed E-state index contributed by atoms with van der Waals surface area (Å²) in [4.78, 5) is 4.75. The molecule has 1 aliphatic rings. The fourth-order valence-electron chi connectivity index (χ4n) is 2.98. The molecule has 1 aliphatic heterocycles. The Morgan fingerprint density at radius 3 is 2.45 bits per heavy atom. The summed E-state index contributed by atoms with van der Waals surface area (Å²) in [6, 6.07) is 4.53. The van der Waals surface area contributed by atoms with E-state index in [4.69, 9.17) is 0 Å². The maximum atomic E-state index is 3.77. The fourth-order valence-corrected chi connectivity index (χ4v) is 2.98. The van der Waals surface area contributed by atoms with Crippen LogP contribution in [0.25, 0.3) is 0 Å². The van der Waals surface area contributed by atoms with Crippen LogP contribution in [0.15, 0.2) is 37.2 Å². The monoisotopic (exact) mass is 270 g/mol. The summed E-state index contributed by atoms with van der Waals surface area (Å²) in [5.74, 6) is 0. The predicted octanol–water partition coefficient (Wildman–Crippen LogP) is 4.52. The molecule has 0 spiro atoms. The first-order valence-electron chi connectivity index (χ1n) is 7.49. The third-order valence-electron chi connectivity index (χ3n) is 3.82. The number of nitrogens with zero attached hydrogens (tertiary/aromatic N) is 2. The van der Waals surface area contributed by atoms with Crippen LogP contribution >= 0.6 is 0 Å². The van der Waals surface area contributed by atoms with Gasteiger partial charge in [0, 0.05) is 24.6 Å². The Balaban J connectivity index is 1.97. The molecule has 0 unspecified atom stereocenters. The van der Waals surface area contributed by atoms with Crippen LogP contribution in [0.4, 0.5) is 5.69 Å². The molecule has 0 N–H and O–H groups in total. The minimum atomic E-state index is 0.971. The van der Waals surface area contributed by atoms with Gasteiger partial charge in [0.15, 0.2) is 0 Å². The van der Waals surface area contributed by atoms with Gasteiger partial charge in [-0.2, -0.15) is 0 Å². The van der Waals surface area contributed by atoms with E-state index in [0.717, 1.165) is 19.6 Å². The van der Waals surface area contributed by atoms with Gasteiger partial charge < -0.3 is 9.80 Å². The summed E-state index contributed by atoms with van der Waals surface area (Å²) in [6.07, 6.45) is 10.0. The van der Waals surface area contributed by atoms with Crippen molar-refractivity contribution in [1.82, 2.24) is 4.90 Å². The van der Waals surface area contributed by atoms with Crippen molar-refractivity contribution in [3.8, 4) is 0 Å². The van der Waals surface area contributed by atoms with Crippen LogP contribution in [0, 0.1) is 20.8 Å². The van der Waals surface area contributed by atoms with Crippen molar-refractivity contribution < 1.29 is 0 Å². The predicted molar refractivity (Wildman–Crippen MR) is 87.9 cm³/mol. The molecule has 0 saturated heterocycles. The van der Waals surface area contributed by atoms with Crippen molar-refractivity contribution in [1.29, 1.82) is 0 Å². The first-order valence-corrected chi connectivity index (χ1v) is 7.49. The quantitative estimate of drug-likeness (QED) is 0.554. The third-order valence-corrected chi connectivity index (χ3v) is 3.82. The van der Waals surface area contributed by atoms with Crippen LogP contribution in [0.5, 0.6) is 0 Å². The lowest BCUT2D eigenvalue weighted by Gasteiger charge is -2.24. The molecule has 1 aromatic rings. The molecule has 0 saturated carbocycles. The van der Waals surface area contributed by atoms with Crippen molar-refractivity contribution in [2.75, 3.05) is 18.1 Å². The molecule has 0 radical (unpaired) electrons. The Morgan fingerprint density at radius 1 is 1.10 bits per heavy atom. The summed E-state index contributed by atoms with van der Waals surface area (Å²) in [7, 11) is 0. The first-order chi connectivity index (χ1) is 9.61. The van der Waals surface area contributed by atoms with Crippen LogP contribution in [0.3, 0.4) is 0 Å². The highest BCUT2D eigenvalue weighted by atomic mass is 15.3. The molecule has 0 fully saturated rings. The second-order valence-electron chi connectivity index (χ2n) is 5.75. The van der Waals surface area contributed by atoms with Crippen molar-refractivity contribution in [3.63, 3.8) is 0 Å². The van der Waals surface area contributed by atoms with E-state index in [2.05, 4.69) is 61.7 Å². The van der Waals surface area contributed by atoms with Crippen LogP contribution in [0.1, 0.15) is 36.0 Å². The number of unbranched alkanes of at least 4 members (excludes halogenated alkanes) is 2. The average molecular weight is 270 g/mol. The average Bonchev–Trinajstić information content (AvgIpc) is 2.82. The number of allylic oxidation sites excluding steroid dienone is 1. The zero-order chi connectivity index (χ0) is 14.5. The summed E-state index contributed by atoms with van der Waals surface area (Å²) >= 11 is 0. The molecule has 108 valence electrons. The molecule has 2 rings (SSSR count). The second-order valence-corrected chi connectivity index (χ2v) is 5.75. The zero-order valence-electron chi connectivity index (χ0n) is 13.0. The molecule has 2 heteroatoms. The molecule has 0 bridgehead atoms. The summed E-state index contributed by atoms with van der Waals surface area (Å²) in [5.41, 5.74) is 5.43. The second kappa shape index (κ2) is 6.65. The molecular weight excluding hydrogens is 244 g/mol. The highest BCUT2D eigenvalue weighted by Crippen LogP contribution is 2.28. The van der Waals surface area contributed by atoms with Gasteiger partial charge in [-0.15, -0.1) is 6.58 Å². The summed E-state index contributed by atoms with van der Waals surface area (Å²) in [5, 5.41) is 0. The molecule has 0 aromatic heterocycles. The van der Waals surface area contributed by atoms with E-state index in [-0.39, 0.29) is 0 Å². The molecular formula is C18H26N2. The maximum Gasteiger partial charge on any atom is 0.0942 e. The van der Waals surface area contributed by atoms with Crippen molar-refractivity contribution in [3.05, 3.63) is 53.9 Å². The van der Waals surface area contributed by atoms with Crippen molar-refractivity contribution in [2.45, 2.75) is 40.0 Å². The van der Waals surface area contributed by atoms with Crippen LogP contribution in [-0.4, -0.2) is 18.1 Å². The van der Waals surface area contributed by atoms with Gasteiger partial charge in [-0.3, -0.25) is 0 Å². The number of anilines is 1. The standard InChI is InChI=1S/C18H26N2/c1-5-6-7-8-9-19-10-11-20(14-19)18-16(3)12-15(2)13-17(18)4/h5,10-13H,1,6-9,14H2,2-4H3. The van der Waals surface area contributed by atoms with E-state index in [1.165, 1.54) is 35.2 Å². The molecule has 20 heavy (non-hydrogen) atoms. The molecule has 1 heterocycles. The van der Waals surface area contributed by atoms with E-state index in [1.807, 2.05) is 6.08 Å². The zero-order valence-corrected chi connectivity index (χ0v) is 13.0. The van der Waals surface area contributed by atoms with E-state index in [0.29, 0.717) is 0 Å². The van der Waals surface area contributed by atoms with Gasteiger partial charge in [-0.1, -0.05) is 23.8 Å². The minimum Gasteiger partial charge on any atom is -0.358 e. The molecule has 0 aliphatic carbocycles. The Kier molecular flexibility index (Phi) is 4.89. The lowest BCUT2D eigenvalue weighted by Crippen LogP contribution is -2.26. The van der Waals surface area contributed by atoms with Gasteiger partial charge in [0.2, 0.25) is 0 Å². The molecule has 1 aromatic carbocycles. The van der Waals surface area contributed by atoms with Gasteiger partial charge in [-0.05, 0) is 51.2 Å². The topological polar surface area (TPSA) is 6.48 Å². The molecule has 0 amide bonds. The number of hydrogen-bond acceptors (Lipinski definition) is 2. The Labute approximate surface area is 123 Å². The van der Waals surface area contributed by atoms with Gasteiger partial charge in [0.05, 0.1) is 6.67 Å². The van der Waals surface area contributed by atoms with Gasteiger partial charge >= 0.3 is 0 Å². The Morgan fingerprint density at radius 2 is 1.80 bits per heavy atom. The van der Waals surface area contributed by atoms with Crippen molar-refractivity contribution in [2.24, 2.45) is 0 Å². The third kappa shape index (κ3) is 3.44. The van der Waals surface area contributed by atoms with E-state index >= 15 is 0 Å². The number of rotatable bonds is 6. The smallest absolute Gasteiger partial charge is 0.0942 e. The SMILES string of the molecule is C=CCCCCN1C=CN(c2c(C)cc(C)cc2C)C1. The normalized spacial score (nSPS) is 14.2. The number of aryl methyl sites for hydroxylation is 3. The Hall–Kier alpha value is -1.70. The fraction of sp³-hybridized carbons (Fsp3) is 0.444. The van der Waals surface area contributed by atoms with Gasteiger partial charge in [0.25, 0.3) is 0 Å². The lowest BCUT2D eigenvalue weighted by atomic mass is 10.0. The van der Waals surface area contributed by atoms with E-state index in [9.17, 15) is 0 Å². The number of benzene rings is 1. The van der Waals surface area contributed by atoms with Crippen molar-refractivity contribution >= 4 is 5.69 Å². The molecule has 2 nitrogen and oxygen atoms in total. The van der Waals surface area contributed by atoms with Crippen LogP contribution in [-0.2, 0) is 0 Å². The number of hydrogen-bond donors (Lipinski definition) is 0. The van der Waals surface area contributed by atoms with Gasteiger partial charge in [-0.25, -0.2) is 0 Å². The lowest BCUT2D eigenvalue weighted by molar-refractivity contribution is 0.393. The van der Waals surface area contributed by atoms with Gasteiger partial charge in [0.1, 0.15) is 0 Å². The van der Waals surface area contributed by atoms with E-state index in [1.54, 1.807) is 0 Å². The largest absolute Gasteiger partial charge is 0.358 e. The molecule has 0 atom stereocenters. The van der Waals surface area contributed by atoms with Crippen LogP contribution < -0.4 is 4.90 Å². The van der Waals surface area contributed by atoms with E-state index < -0.39 is 0 Å². The first kappa shape index (κ1) is 14.7.